The van der Waals surface area contributed by atoms with Crippen LogP contribution in [-0.4, -0.2) is 12.6 Å². The van der Waals surface area contributed by atoms with Crippen LogP contribution >= 0.6 is 0 Å². The van der Waals surface area contributed by atoms with Crippen molar-refractivity contribution in [2.24, 2.45) is 0 Å². The van der Waals surface area contributed by atoms with E-state index in [4.69, 9.17) is 4.74 Å². The van der Waals surface area contributed by atoms with Gasteiger partial charge in [0.1, 0.15) is 0 Å². The van der Waals surface area contributed by atoms with Crippen LogP contribution in [0, 0.1) is 0 Å². The molecule has 2 heteroatoms. The van der Waals surface area contributed by atoms with Gasteiger partial charge in [-0.25, -0.2) is 0 Å². The Balaban J connectivity index is 2.26. The number of hydrogen-bond donors (Lipinski definition) is 0. The summed E-state index contributed by atoms with van der Waals surface area (Å²) in [5.41, 5.74) is 1.55. The standard InChI is InChI=1S/C16H28O2/c1-15-11-7-3-2-4-9-13-16(17)18-14-10-6-5-8-12-15/h11H,2-10,12-14H2,1H3/b15-11-. The molecule has 2 nitrogen and oxygen atoms in total. The van der Waals surface area contributed by atoms with Gasteiger partial charge in [-0.05, 0) is 45.4 Å². The lowest BCUT2D eigenvalue weighted by molar-refractivity contribution is -0.143. The highest BCUT2D eigenvalue weighted by Gasteiger charge is 2.02. The highest BCUT2D eigenvalue weighted by Crippen LogP contribution is 2.13. The number of carbonyl (C=O) groups excluding carboxylic acids is 1. The summed E-state index contributed by atoms with van der Waals surface area (Å²) in [6.45, 7) is 2.87. The summed E-state index contributed by atoms with van der Waals surface area (Å²) in [5.74, 6) is -0.00201. The van der Waals surface area contributed by atoms with Gasteiger partial charge in [0, 0.05) is 6.42 Å². The zero-order chi connectivity index (χ0) is 13.1. The normalized spacial score (nSPS) is 24.9. The number of allylic oxidation sites excluding steroid dienone is 2. The molecular weight excluding hydrogens is 224 g/mol. The summed E-state index contributed by atoms with van der Waals surface area (Å²) < 4.78 is 5.21. The molecule has 1 aliphatic heterocycles. The van der Waals surface area contributed by atoms with E-state index in [1.54, 1.807) is 5.57 Å². The summed E-state index contributed by atoms with van der Waals surface area (Å²) >= 11 is 0. The molecule has 0 aliphatic carbocycles. The van der Waals surface area contributed by atoms with Crippen molar-refractivity contribution in [3.8, 4) is 0 Å². The fraction of sp³-hybridized carbons (Fsp3) is 0.812. The molecule has 0 bridgehead atoms. The molecule has 0 N–H and O–H groups in total. The molecule has 1 aliphatic rings. The molecule has 0 aromatic carbocycles. The van der Waals surface area contributed by atoms with Gasteiger partial charge in [0.25, 0.3) is 0 Å². The van der Waals surface area contributed by atoms with Crippen LogP contribution in [0.25, 0.3) is 0 Å². The summed E-state index contributed by atoms with van der Waals surface area (Å²) in [6.07, 6.45) is 14.8. The second kappa shape index (κ2) is 10.2. The molecule has 0 saturated carbocycles. The van der Waals surface area contributed by atoms with E-state index >= 15 is 0 Å². The zero-order valence-electron chi connectivity index (χ0n) is 11.9. The predicted octanol–water partition coefficient (Wildman–Crippen LogP) is 4.78. The molecule has 104 valence electrons. The van der Waals surface area contributed by atoms with Crippen LogP contribution in [0.5, 0.6) is 0 Å². The first-order valence-electron chi connectivity index (χ1n) is 7.60. The van der Waals surface area contributed by atoms with Gasteiger partial charge < -0.3 is 4.74 Å². The lowest BCUT2D eigenvalue weighted by Gasteiger charge is -2.06. The molecule has 0 radical (unpaired) electrons. The third-order valence-corrected chi connectivity index (χ3v) is 3.56. The molecule has 0 fully saturated rings. The van der Waals surface area contributed by atoms with Crippen LogP contribution in [0.3, 0.4) is 0 Å². The van der Waals surface area contributed by atoms with Crippen molar-refractivity contribution in [2.45, 2.75) is 77.6 Å². The van der Waals surface area contributed by atoms with E-state index in [9.17, 15) is 4.79 Å². The maximum Gasteiger partial charge on any atom is 0.305 e. The Morgan fingerprint density at radius 1 is 0.889 bits per heavy atom. The Kier molecular flexibility index (Phi) is 8.62. The molecule has 18 heavy (non-hydrogen) atoms. The molecule has 0 amide bonds. The largest absolute Gasteiger partial charge is 0.466 e. The highest BCUT2D eigenvalue weighted by atomic mass is 16.5. The van der Waals surface area contributed by atoms with Gasteiger partial charge in [0.2, 0.25) is 0 Å². The van der Waals surface area contributed by atoms with Gasteiger partial charge in [-0.3, -0.25) is 4.79 Å². The Morgan fingerprint density at radius 3 is 2.39 bits per heavy atom. The maximum absolute atomic E-state index is 11.4. The average molecular weight is 252 g/mol. The number of hydrogen-bond acceptors (Lipinski definition) is 2. The molecule has 0 spiro atoms. The van der Waals surface area contributed by atoms with E-state index in [1.807, 2.05) is 0 Å². The molecule has 0 aromatic rings. The van der Waals surface area contributed by atoms with Gasteiger partial charge in [-0.2, -0.15) is 0 Å². The lowest BCUT2D eigenvalue weighted by Crippen LogP contribution is -2.05. The van der Waals surface area contributed by atoms with E-state index in [0.717, 1.165) is 19.3 Å². The van der Waals surface area contributed by atoms with Crippen molar-refractivity contribution in [1.29, 1.82) is 0 Å². The molecular formula is C16H28O2. The fourth-order valence-electron chi connectivity index (χ4n) is 2.34. The Morgan fingerprint density at radius 2 is 1.56 bits per heavy atom. The van der Waals surface area contributed by atoms with Gasteiger partial charge >= 0.3 is 5.97 Å². The quantitative estimate of drug-likeness (QED) is 0.458. The van der Waals surface area contributed by atoms with Crippen molar-refractivity contribution in [3.05, 3.63) is 11.6 Å². The van der Waals surface area contributed by atoms with Crippen LogP contribution in [-0.2, 0) is 9.53 Å². The van der Waals surface area contributed by atoms with Crippen molar-refractivity contribution < 1.29 is 9.53 Å². The van der Waals surface area contributed by atoms with Gasteiger partial charge in [0.05, 0.1) is 6.61 Å². The van der Waals surface area contributed by atoms with Gasteiger partial charge in [-0.15, -0.1) is 0 Å². The van der Waals surface area contributed by atoms with E-state index in [1.165, 1.54) is 44.9 Å². The molecule has 1 heterocycles. The number of carbonyl (C=O) groups is 1. The van der Waals surface area contributed by atoms with Crippen LogP contribution in [0.4, 0.5) is 0 Å². The van der Waals surface area contributed by atoms with Crippen LogP contribution in [0.2, 0.25) is 0 Å². The predicted molar refractivity (Wildman–Crippen MR) is 75.5 cm³/mol. The third-order valence-electron chi connectivity index (χ3n) is 3.56. The molecule has 0 unspecified atom stereocenters. The first-order valence-corrected chi connectivity index (χ1v) is 7.60. The van der Waals surface area contributed by atoms with E-state index in [0.29, 0.717) is 13.0 Å². The van der Waals surface area contributed by atoms with Gasteiger partial charge in [-0.1, -0.05) is 37.3 Å². The minimum absolute atomic E-state index is 0.00201. The zero-order valence-corrected chi connectivity index (χ0v) is 11.9. The highest BCUT2D eigenvalue weighted by molar-refractivity contribution is 5.69. The first kappa shape index (κ1) is 15.3. The number of cyclic esters (lactones) is 1. The average Bonchev–Trinajstić information content (AvgIpc) is 2.35. The number of esters is 1. The Bertz CT molecular complexity index is 256. The van der Waals surface area contributed by atoms with Crippen molar-refractivity contribution >= 4 is 5.97 Å². The molecule has 0 aromatic heterocycles. The minimum Gasteiger partial charge on any atom is -0.466 e. The number of ether oxygens (including phenoxy) is 1. The lowest BCUT2D eigenvalue weighted by atomic mass is 10.0. The summed E-state index contributed by atoms with van der Waals surface area (Å²) in [7, 11) is 0. The molecule has 0 saturated heterocycles. The van der Waals surface area contributed by atoms with Crippen molar-refractivity contribution in [3.63, 3.8) is 0 Å². The van der Waals surface area contributed by atoms with E-state index < -0.39 is 0 Å². The van der Waals surface area contributed by atoms with Crippen molar-refractivity contribution in [2.75, 3.05) is 6.61 Å². The summed E-state index contributed by atoms with van der Waals surface area (Å²) in [6, 6.07) is 0. The topological polar surface area (TPSA) is 26.3 Å². The molecule has 1 rings (SSSR count). The third kappa shape index (κ3) is 8.32. The number of rotatable bonds is 0. The monoisotopic (exact) mass is 252 g/mol. The fourth-order valence-corrected chi connectivity index (χ4v) is 2.34. The summed E-state index contributed by atoms with van der Waals surface area (Å²) in [4.78, 5) is 11.4. The van der Waals surface area contributed by atoms with Gasteiger partial charge in [0.15, 0.2) is 0 Å². The van der Waals surface area contributed by atoms with E-state index in [2.05, 4.69) is 13.0 Å². The Hall–Kier alpha value is -0.790. The second-order valence-electron chi connectivity index (χ2n) is 5.39. The van der Waals surface area contributed by atoms with Crippen LogP contribution in [0.15, 0.2) is 11.6 Å². The summed E-state index contributed by atoms with van der Waals surface area (Å²) in [5, 5.41) is 0. The first-order chi connectivity index (χ1) is 8.79. The Labute approximate surface area is 112 Å². The molecule has 0 atom stereocenters. The second-order valence-corrected chi connectivity index (χ2v) is 5.39. The van der Waals surface area contributed by atoms with Crippen molar-refractivity contribution in [1.82, 2.24) is 0 Å². The minimum atomic E-state index is -0.00201. The smallest absolute Gasteiger partial charge is 0.305 e. The maximum atomic E-state index is 11.4. The van der Waals surface area contributed by atoms with E-state index in [-0.39, 0.29) is 5.97 Å². The SMILES string of the molecule is C/C1=C/CCCCCCC(=O)OCCCCCC1. The van der Waals surface area contributed by atoms with Crippen LogP contribution in [0.1, 0.15) is 77.6 Å². The van der Waals surface area contributed by atoms with Crippen LogP contribution < -0.4 is 0 Å².